The molecule has 0 atom stereocenters. The largest absolute Gasteiger partial charge is 0.0694 e. The van der Waals surface area contributed by atoms with Gasteiger partial charge in [0.25, 0.3) is 0 Å². The lowest BCUT2D eigenvalue weighted by molar-refractivity contribution is 1.02. The van der Waals surface area contributed by atoms with Crippen molar-refractivity contribution in [1.29, 1.82) is 0 Å². The molecule has 0 spiro atoms. The number of hydrogen-bond acceptors (Lipinski definition) is 0. The molecule has 1 saturated heterocycles. The Bertz CT molecular complexity index is 122. The summed E-state index contributed by atoms with van der Waals surface area (Å²) in [5.41, 5.74) is 0. The average molecular weight is 186 g/mol. The van der Waals surface area contributed by atoms with Gasteiger partial charge >= 0.3 is 0 Å². The van der Waals surface area contributed by atoms with Crippen LogP contribution in [0.2, 0.25) is 50.4 Å². The molecule has 0 saturated carbocycles. The zero-order valence-corrected chi connectivity index (χ0v) is 10.5. The van der Waals surface area contributed by atoms with Crippen molar-refractivity contribution in [2.24, 2.45) is 0 Å². The van der Waals surface area contributed by atoms with E-state index in [-0.39, 0.29) is 0 Å². The van der Waals surface area contributed by atoms with Crippen LogP contribution < -0.4 is 0 Å². The molecule has 0 nitrogen and oxygen atoms in total. The van der Waals surface area contributed by atoms with Crippen LogP contribution in [0.25, 0.3) is 0 Å². The fourth-order valence-corrected chi connectivity index (χ4v) is 10.5. The molecule has 1 fully saturated rings. The Kier molecular flexibility index (Phi) is 2.64. The fourth-order valence-electron chi connectivity index (χ4n) is 1.97. The Labute approximate surface area is 73.4 Å². The van der Waals surface area contributed by atoms with Crippen molar-refractivity contribution in [2.75, 3.05) is 0 Å². The molecule has 0 aliphatic carbocycles. The summed E-state index contributed by atoms with van der Waals surface area (Å²) < 4.78 is 0. The van der Waals surface area contributed by atoms with Crippen molar-refractivity contribution < 1.29 is 0 Å². The van der Waals surface area contributed by atoms with Crippen LogP contribution in [-0.4, -0.2) is 16.1 Å². The Balaban J connectivity index is 2.53. The maximum absolute atomic E-state index is 2.57. The molecule has 0 N–H and O–H groups in total. The fraction of sp³-hybridized carbons (Fsp3) is 1.00. The van der Waals surface area contributed by atoms with Crippen molar-refractivity contribution in [1.82, 2.24) is 0 Å². The molecule has 2 heteroatoms. The number of hydrogen-bond donors (Lipinski definition) is 0. The van der Waals surface area contributed by atoms with Crippen LogP contribution in [0, 0.1) is 0 Å². The van der Waals surface area contributed by atoms with Gasteiger partial charge in [0.15, 0.2) is 0 Å². The summed E-state index contributed by atoms with van der Waals surface area (Å²) in [6, 6.07) is 6.44. The van der Waals surface area contributed by atoms with Gasteiger partial charge in [0.1, 0.15) is 0 Å². The second-order valence-electron chi connectivity index (χ2n) is 5.68. The third-order valence-electron chi connectivity index (χ3n) is 3.19. The third-order valence-corrected chi connectivity index (χ3v) is 10.3. The van der Waals surface area contributed by atoms with Crippen molar-refractivity contribution in [3.05, 3.63) is 0 Å². The Morgan fingerprint density at radius 2 is 1.00 bits per heavy atom. The zero-order valence-electron chi connectivity index (χ0n) is 8.54. The van der Waals surface area contributed by atoms with Gasteiger partial charge in [-0.2, -0.15) is 0 Å². The summed E-state index contributed by atoms with van der Waals surface area (Å²) in [4.78, 5) is 0. The highest BCUT2D eigenvalue weighted by Gasteiger charge is 2.30. The van der Waals surface area contributed by atoms with Crippen molar-refractivity contribution in [3.63, 3.8) is 0 Å². The van der Waals surface area contributed by atoms with Crippen LogP contribution in [0.1, 0.15) is 6.42 Å². The normalized spacial score (nSPS) is 29.5. The monoisotopic (exact) mass is 186 g/mol. The summed E-state index contributed by atoms with van der Waals surface area (Å²) in [7, 11) is -1.39. The molecular formula is C9H22Si2. The van der Waals surface area contributed by atoms with Crippen LogP contribution in [0.5, 0.6) is 0 Å². The smallest absolute Gasteiger partial charge is 0.0470 e. The molecule has 0 aromatic heterocycles. The first-order valence-electron chi connectivity index (χ1n) is 4.91. The molecule has 0 aromatic rings. The predicted octanol–water partition coefficient (Wildman–Crippen LogP) is 3.81. The van der Waals surface area contributed by atoms with Gasteiger partial charge in [-0.25, -0.2) is 0 Å². The van der Waals surface area contributed by atoms with E-state index >= 15 is 0 Å². The van der Waals surface area contributed by atoms with Gasteiger partial charge < -0.3 is 0 Å². The lowest BCUT2D eigenvalue weighted by Crippen LogP contribution is -2.26. The molecule has 0 bridgehead atoms. The summed E-state index contributed by atoms with van der Waals surface area (Å²) in [6.07, 6.45) is 1.55. The molecular weight excluding hydrogens is 164 g/mol. The summed E-state index contributed by atoms with van der Waals surface area (Å²) in [5.74, 6) is 0. The van der Waals surface area contributed by atoms with Gasteiger partial charge in [-0.1, -0.05) is 56.8 Å². The number of rotatable bonds is 0. The quantitative estimate of drug-likeness (QED) is 0.505. The molecule has 66 valence electrons. The molecule has 0 unspecified atom stereocenters. The van der Waals surface area contributed by atoms with Crippen LogP contribution in [0.4, 0.5) is 0 Å². The molecule has 1 heterocycles. The Morgan fingerprint density at radius 1 is 0.636 bits per heavy atom. The van der Waals surface area contributed by atoms with Gasteiger partial charge in [0.2, 0.25) is 0 Å². The second-order valence-corrected chi connectivity index (χ2v) is 16.3. The SMILES string of the molecule is C[Si]1(C)CCC[Si](C)(C)CC1. The minimum absolute atomic E-state index is 0.695. The van der Waals surface area contributed by atoms with Crippen LogP contribution in [-0.2, 0) is 0 Å². The van der Waals surface area contributed by atoms with Crippen molar-refractivity contribution in [2.45, 2.75) is 56.8 Å². The van der Waals surface area contributed by atoms with Gasteiger partial charge in [-0.15, -0.1) is 0 Å². The zero-order chi connectivity index (χ0) is 8.54. The first-order chi connectivity index (χ1) is 4.91. The van der Waals surface area contributed by atoms with E-state index in [2.05, 4.69) is 26.2 Å². The highest BCUT2D eigenvalue weighted by Crippen LogP contribution is 2.33. The van der Waals surface area contributed by atoms with Gasteiger partial charge in [0.05, 0.1) is 0 Å². The molecule has 11 heavy (non-hydrogen) atoms. The van der Waals surface area contributed by atoms with E-state index < -0.39 is 16.1 Å². The van der Waals surface area contributed by atoms with Gasteiger partial charge in [0, 0.05) is 16.1 Å². The lowest BCUT2D eigenvalue weighted by Gasteiger charge is -2.21. The topological polar surface area (TPSA) is 0 Å². The lowest BCUT2D eigenvalue weighted by atomic mass is 10.6. The van der Waals surface area contributed by atoms with Crippen LogP contribution >= 0.6 is 0 Å². The minimum atomic E-state index is -0.695. The molecule has 1 aliphatic heterocycles. The molecule has 0 aromatic carbocycles. The maximum atomic E-state index is 2.57. The van der Waals surface area contributed by atoms with Crippen molar-refractivity contribution in [3.8, 4) is 0 Å². The molecule has 1 aliphatic rings. The van der Waals surface area contributed by atoms with Gasteiger partial charge in [-0.3, -0.25) is 0 Å². The van der Waals surface area contributed by atoms with Crippen molar-refractivity contribution >= 4 is 16.1 Å². The highest BCUT2D eigenvalue weighted by molar-refractivity contribution is 6.83. The highest BCUT2D eigenvalue weighted by atomic mass is 28.3. The maximum Gasteiger partial charge on any atom is 0.0470 e. The van der Waals surface area contributed by atoms with Crippen LogP contribution in [0.3, 0.4) is 0 Å². The summed E-state index contributed by atoms with van der Waals surface area (Å²) >= 11 is 0. The first kappa shape index (κ1) is 9.52. The predicted molar refractivity (Wildman–Crippen MR) is 58.8 cm³/mol. The van der Waals surface area contributed by atoms with E-state index in [1.165, 1.54) is 0 Å². The van der Waals surface area contributed by atoms with Gasteiger partial charge in [-0.05, 0) is 0 Å². The Hall–Kier alpha value is 0.434. The second kappa shape index (κ2) is 3.06. The standard InChI is InChI=1S/C9H22Si2/c1-10(2)6-5-7-11(3,4)9-8-10/h5-9H2,1-4H3. The first-order valence-corrected chi connectivity index (χ1v) is 11.7. The molecule has 1 rings (SSSR count). The Morgan fingerprint density at radius 3 is 1.36 bits per heavy atom. The van der Waals surface area contributed by atoms with E-state index in [0.29, 0.717) is 0 Å². The van der Waals surface area contributed by atoms with E-state index in [4.69, 9.17) is 0 Å². The van der Waals surface area contributed by atoms with E-state index in [1.807, 2.05) is 0 Å². The average Bonchev–Trinajstić information content (AvgIpc) is 1.92. The summed E-state index contributed by atoms with van der Waals surface area (Å²) in [6.45, 7) is 10.3. The van der Waals surface area contributed by atoms with E-state index in [9.17, 15) is 0 Å². The van der Waals surface area contributed by atoms with Crippen LogP contribution in [0.15, 0.2) is 0 Å². The summed E-state index contributed by atoms with van der Waals surface area (Å²) in [5, 5.41) is 0. The minimum Gasteiger partial charge on any atom is -0.0694 e. The van der Waals surface area contributed by atoms with E-state index in [1.54, 1.807) is 30.6 Å². The molecule has 0 radical (unpaired) electrons. The third kappa shape index (κ3) is 3.12. The molecule has 0 amide bonds. The van der Waals surface area contributed by atoms with E-state index in [0.717, 1.165) is 0 Å².